The molecule has 28 heavy (non-hydrogen) atoms. The van der Waals surface area contributed by atoms with Gasteiger partial charge in [-0.15, -0.1) is 0 Å². The summed E-state index contributed by atoms with van der Waals surface area (Å²) in [6, 6.07) is 9.51. The summed E-state index contributed by atoms with van der Waals surface area (Å²) in [5, 5.41) is 2.91. The molecule has 0 spiro atoms. The fourth-order valence-electron chi connectivity index (χ4n) is 4.16. The van der Waals surface area contributed by atoms with Gasteiger partial charge in [-0.2, -0.15) is 0 Å². The highest BCUT2D eigenvalue weighted by molar-refractivity contribution is 6.09. The first-order chi connectivity index (χ1) is 13.6. The van der Waals surface area contributed by atoms with Crippen molar-refractivity contribution >= 4 is 17.5 Å². The van der Waals surface area contributed by atoms with E-state index in [0.29, 0.717) is 25.9 Å². The Balaban J connectivity index is 1.33. The second-order valence-corrected chi connectivity index (χ2v) is 7.57. The standard InChI is InChI=1S/C22H26N4O2/c1-15-17-9-5-6-10-19(17)25-20(24-15)11-13-23-21(27)18-12-14-26(22(18)28)16-7-3-2-4-8-16/h2-4,7-8,18H,5-6,9-14H2,1H3,(H,23,27)/t18-/m1/s1. The smallest absolute Gasteiger partial charge is 0.239 e. The average Bonchev–Trinajstić information content (AvgIpc) is 3.10. The number of para-hydroxylation sites is 1. The van der Waals surface area contributed by atoms with E-state index in [1.54, 1.807) is 4.90 Å². The summed E-state index contributed by atoms with van der Waals surface area (Å²) >= 11 is 0. The summed E-state index contributed by atoms with van der Waals surface area (Å²) in [4.78, 5) is 36.2. The lowest BCUT2D eigenvalue weighted by Gasteiger charge is -2.18. The van der Waals surface area contributed by atoms with E-state index in [9.17, 15) is 9.59 Å². The molecule has 6 heteroatoms. The Labute approximate surface area is 165 Å². The number of carbonyl (C=O) groups is 2. The first-order valence-electron chi connectivity index (χ1n) is 10.1. The van der Waals surface area contributed by atoms with Crippen LogP contribution in [-0.4, -0.2) is 34.9 Å². The van der Waals surface area contributed by atoms with Crippen molar-refractivity contribution in [1.29, 1.82) is 0 Å². The Morgan fingerprint density at radius 1 is 1.18 bits per heavy atom. The highest BCUT2D eigenvalue weighted by atomic mass is 16.2. The van der Waals surface area contributed by atoms with Crippen molar-refractivity contribution in [3.8, 4) is 0 Å². The molecule has 2 heterocycles. The van der Waals surface area contributed by atoms with Gasteiger partial charge in [0, 0.05) is 36.6 Å². The fourth-order valence-corrected chi connectivity index (χ4v) is 4.16. The minimum Gasteiger partial charge on any atom is -0.355 e. The third-order valence-corrected chi connectivity index (χ3v) is 5.67. The van der Waals surface area contributed by atoms with Gasteiger partial charge >= 0.3 is 0 Å². The summed E-state index contributed by atoms with van der Waals surface area (Å²) in [5.41, 5.74) is 4.39. The number of nitrogens with zero attached hydrogens (tertiary/aromatic N) is 3. The van der Waals surface area contributed by atoms with E-state index in [0.717, 1.165) is 30.0 Å². The number of amides is 2. The van der Waals surface area contributed by atoms with E-state index in [4.69, 9.17) is 4.98 Å². The van der Waals surface area contributed by atoms with Gasteiger partial charge in [-0.1, -0.05) is 18.2 Å². The molecule has 2 amide bonds. The van der Waals surface area contributed by atoms with Gasteiger partial charge in [0.1, 0.15) is 11.7 Å². The maximum atomic E-state index is 12.6. The van der Waals surface area contributed by atoms with Gasteiger partial charge in [0.2, 0.25) is 11.8 Å². The van der Waals surface area contributed by atoms with Crippen LogP contribution in [0.25, 0.3) is 0 Å². The van der Waals surface area contributed by atoms with Crippen molar-refractivity contribution in [2.24, 2.45) is 5.92 Å². The van der Waals surface area contributed by atoms with E-state index >= 15 is 0 Å². The predicted octanol–water partition coefficient (Wildman–Crippen LogP) is 2.38. The lowest BCUT2D eigenvalue weighted by atomic mass is 9.95. The number of fused-ring (bicyclic) bond motifs is 1. The van der Waals surface area contributed by atoms with Crippen LogP contribution >= 0.6 is 0 Å². The first kappa shape index (κ1) is 18.6. The molecular formula is C22H26N4O2. The maximum absolute atomic E-state index is 12.6. The molecule has 2 aromatic rings. The van der Waals surface area contributed by atoms with Crippen LogP contribution in [0.3, 0.4) is 0 Å². The predicted molar refractivity (Wildman–Crippen MR) is 107 cm³/mol. The van der Waals surface area contributed by atoms with Crippen LogP contribution in [0.4, 0.5) is 5.69 Å². The molecule has 1 aliphatic carbocycles. The zero-order chi connectivity index (χ0) is 19.5. The number of anilines is 1. The topological polar surface area (TPSA) is 75.2 Å². The summed E-state index contributed by atoms with van der Waals surface area (Å²) < 4.78 is 0. The quantitative estimate of drug-likeness (QED) is 0.811. The summed E-state index contributed by atoms with van der Waals surface area (Å²) in [7, 11) is 0. The molecule has 0 saturated carbocycles. The third-order valence-electron chi connectivity index (χ3n) is 5.67. The van der Waals surface area contributed by atoms with E-state index in [2.05, 4.69) is 10.3 Å². The molecule has 0 bridgehead atoms. The molecule has 1 N–H and O–H groups in total. The number of nitrogens with one attached hydrogen (secondary N) is 1. The number of aryl methyl sites for hydroxylation is 2. The second kappa shape index (κ2) is 8.09. The van der Waals surface area contributed by atoms with Crippen LogP contribution in [0.15, 0.2) is 30.3 Å². The minimum atomic E-state index is -0.605. The van der Waals surface area contributed by atoms with Gasteiger partial charge < -0.3 is 10.2 Å². The summed E-state index contributed by atoms with van der Waals surface area (Å²) in [5.74, 6) is -0.142. The number of hydrogen-bond donors (Lipinski definition) is 1. The summed E-state index contributed by atoms with van der Waals surface area (Å²) in [6.45, 7) is 3.07. The molecule has 2 aliphatic rings. The molecule has 1 fully saturated rings. The Bertz CT molecular complexity index is 882. The molecule has 1 aromatic heterocycles. The van der Waals surface area contributed by atoms with Gasteiger partial charge in [-0.25, -0.2) is 9.97 Å². The highest BCUT2D eigenvalue weighted by Gasteiger charge is 2.37. The molecule has 1 saturated heterocycles. The van der Waals surface area contributed by atoms with Gasteiger partial charge in [-0.05, 0) is 56.7 Å². The van der Waals surface area contributed by atoms with Crippen LogP contribution in [0.1, 0.15) is 42.0 Å². The molecule has 0 radical (unpaired) electrons. The molecule has 4 rings (SSSR count). The van der Waals surface area contributed by atoms with Crippen molar-refractivity contribution < 1.29 is 9.59 Å². The van der Waals surface area contributed by atoms with E-state index in [-0.39, 0.29) is 11.8 Å². The first-order valence-corrected chi connectivity index (χ1v) is 10.1. The van der Waals surface area contributed by atoms with Crippen molar-refractivity contribution in [2.75, 3.05) is 18.0 Å². The normalized spacial score (nSPS) is 18.8. The Morgan fingerprint density at radius 2 is 1.96 bits per heavy atom. The third kappa shape index (κ3) is 3.77. The minimum absolute atomic E-state index is 0.121. The van der Waals surface area contributed by atoms with Gasteiger partial charge in [0.25, 0.3) is 0 Å². The zero-order valence-corrected chi connectivity index (χ0v) is 16.3. The Hall–Kier alpha value is -2.76. The Morgan fingerprint density at radius 3 is 2.79 bits per heavy atom. The number of aromatic nitrogens is 2. The van der Waals surface area contributed by atoms with Crippen molar-refractivity contribution in [1.82, 2.24) is 15.3 Å². The SMILES string of the molecule is Cc1nc(CCNC(=O)[C@H]2CCN(c3ccccc3)C2=O)nc2c1CCCC2. The van der Waals surface area contributed by atoms with Crippen molar-refractivity contribution in [2.45, 2.75) is 45.4 Å². The lowest BCUT2D eigenvalue weighted by molar-refractivity contribution is -0.132. The molecule has 1 atom stereocenters. The second-order valence-electron chi connectivity index (χ2n) is 7.57. The van der Waals surface area contributed by atoms with Crippen molar-refractivity contribution in [3.05, 3.63) is 53.1 Å². The van der Waals surface area contributed by atoms with E-state index in [1.807, 2.05) is 37.3 Å². The van der Waals surface area contributed by atoms with Crippen LogP contribution in [0.2, 0.25) is 0 Å². The van der Waals surface area contributed by atoms with Gasteiger partial charge in [0.15, 0.2) is 0 Å². The van der Waals surface area contributed by atoms with Crippen molar-refractivity contribution in [3.63, 3.8) is 0 Å². The van der Waals surface area contributed by atoms with Gasteiger partial charge in [-0.3, -0.25) is 9.59 Å². The summed E-state index contributed by atoms with van der Waals surface area (Å²) in [6.07, 6.45) is 5.62. The fraction of sp³-hybridized carbons (Fsp3) is 0.455. The molecule has 146 valence electrons. The van der Waals surface area contributed by atoms with Gasteiger partial charge in [0.05, 0.1) is 0 Å². The highest BCUT2D eigenvalue weighted by Crippen LogP contribution is 2.25. The lowest BCUT2D eigenvalue weighted by Crippen LogP contribution is -2.37. The largest absolute Gasteiger partial charge is 0.355 e. The number of hydrogen-bond acceptors (Lipinski definition) is 4. The number of benzene rings is 1. The number of carbonyl (C=O) groups excluding carboxylic acids is 2. The Kier molecular flexibility index (Phi) is 5.37. The van der Waals surface area contributed by atoms with Crippen LogP contribution in [0, 0.1) is 12.8 Å². The zero-order valence-electron chi connectivity index (χ0n) is 16.3. The average molecular weight is 378 g/mol. The van der Waals surface area contributed by atoms with E-state index in [1.165, 1.54) is 24.1 Å². The molecule has 6 nitrogen and oxygen atoms in total. The van der Waals surface area contributed by atoms with Crippen LogP contribution in [0.5, 0.6) is 0 Å². The van der Waals surface area contributed by atoms with Crippen LogP contribution in [-0.2, 0) is 28.9 Å². The monoisotopic (exact) mass is 378 g/mol. The van der Waals surface area contributed by atoms with E-state index < -0.39 is 5.92 Å². The molecular weight excluding hydrogens is 352 g/mol. The molecule has 1 aromatic carbocycles. The maximum Gasteiger partial charge on any atom is 0.239 e. The molecule has 1 aliphatic heterocycles. The van der Waals surface area contributed by atoms with Crippen LogP contribution < -0.4 is 10.2 Å². The molecule has 0 unspecified atom stereocenters. The number of rotatable bonds is 5.